The average molecular weight is 576 g/mol. The maximum Gasteiger partial charge on any atom is 0.416 e. The van der Waals surface area contributed by atoms with Crippen molar-refractivity contribution < 1.29 is 37.7 Å². The minimum atomic E-state index is -4.43. The number of halogens is 3. The van der Waals surface area contributed by atoms with Gasteiger partial charge in [-0.15, -0.1) is 0 Å². The largest absolute Gasteiger partial charge is 0.478 e. The highest BCUT2D eigenvalue weighted by Crippen LogP contribution is 2.55. The molecule has 3 fully saturated rings. The molecule has 0 aromatic heterocycles. The SMILES string of the molecule is CCOC(=O)N1C[C@H]2C[C@@H](C1)C2(O)c1ccc(-c2cc(C(=O)O)cc3cc(-c4ccc(C(F)(F)F)cc4)ccc23)cc1. The van der Waals surface area contributed by atoms with Crippen LogP contribution in [0.4, 0.5) is 18.0 Å². The lowest BCUT2D eigenvalue weighted by Crippen LogP contribution is -2.65. The van der Waals surface area contributed by atoms with Crippen LogP contribution in [-0.4, -0.2) is 46.9 Å². The lowest BCUT2D eigenvalue weighted by molar-refractivity contribution is -0.198. The van der Waals surface area contributed by atoms with E-state index in [0.29, 0.717) is 41.8 Å². The van der Waals surface area contributed by atoms with E-state index in [9.17, 15) is 33.0 Å². The Morgan fingerprint density at radius 1 is 0.905 bits per heavy atom. The first kappa shape index (κ1) is 27.8. The van der Waals surface area contributed by atoms with Crippen LogP contribution in [0.25, 0.3) is 33.0 Å². The fourth-order valence-electron chi connectivity index (χ4n) is 6.43. The first-order valence-corrected chi connectivity index (χ1v) is 13.7. The monoisotopic (exact) mass is 575 g/mol. The first-order valence-electron chi connectivity index (χ1n) is 13.7. The molecule has 6 nitrogen and oxygen atoms in total. The summed E-state index contributed by atoms with van der Waals surface area (Å²) in [6.45, 7) is 2.89. The zero-order valence-corrected chi connectivity index (χ0v) is 22.7. The molecule has 3 aliphatic rings. The van der Waals surface area contributed by atoms with Crippen LogP contribution in [0.5, 0.6) is 0 Å². The summed E-state index contributed by atoms with van der Waals surface area (Å²) in [6.07, 6.45) is -3.98. The van der Waals surface area contributed by atoms with Crippen molar-refractivity contribution in [3.63, 3.8) is 0 Å². The molecule has 4 aromatic carbocycles. The Morgan fingerprint density at radius 2 is 1.52 bits per heavy atom. The van der Waals surface area contributed by atoms with E-state index in [4.69, 9.17) is 4.74 Å². The maximum atomic E-state index is 13.0. The number of carboxylic acid groups (broad SMARTS) is 1. The van der Waals surface area contributed by atoms with Gasteiger partial charge in [0.1, 0.15) is 0 Å². The number of hydrogen-bond donors (Lipinski definition) is 2. The summed E-state index contributed by atoms with van der Waals surface area (Å²) in [7, 11) is 0. The van der Waals surface area contributed by atoms with Crippen LogP contribution in [0, 0.1) is 11.8 Å². The van der Waals surface area contributed by atoms with Crippen molar-refractivity contribution in [1.29, 1.82) is 0 Å². The van der Waals surface area contributed by atoms with Crippen LogP contribution in [0.15, 0.2) is 78.9 Å². The number of rotatable bonds is 5. The van der Waals surface area contributed by atoms with Gasteiger partial charge in [-0.05, 0) is 82.3 Å². The van der Waals surface area contributed by atoms with E-state index in [0.717, 1.165) is 35.1 Å². The lowest BCUT2D eigenvalue weighted by Gasteiger charge is -2.59. The number of carbonyl (C=O) groups excluding carboxylic acids is 1. The van der Waals surface area contributed by atoms with Gasteiger partial charge in [-0.2, -0.15) is 13.2 Å². The molecule has 1 saturated carbocycles. The number of ether oxygens (including phenoxy) is 1. The lowest BCUT2D eigenvalue weighted by atomic mass is 9.55. The summed E-state index contributed by atoms with van der Waals surface area (Å²) in [5.74, 6) is -1.31. The van der Waals surface area contributed by atoms with Gasteiger partial charge >= 0.3 is 18.2 Å². The molecule has 2 bridgehead atoms. The van der Waals surface area contributed by atoms with Gasteiger partial charge in [-0.1, -0.05) is 48.5 Å². The van der Waals surface area contributed by atoms with Crippen molar-refractivity contribution >= 4 is 22.8 Å². The third kappa shape index (κ3) is 4.67. The third-order valence-electron chi connectivity index (χ3n) is 8.62. The molecule has 2 aliphatic heterocycles. The molecule has 0 radical (unpaired) electrons. The summed E-state index contributed by atoms with van der Waals surface area (Å²) in [5.41, 5.74) is 1.73. The average Bonchev–Trinajstić information content (AvgIpc) is 2.99. The number of alkyl halides is 3. The molecule has 216 valence electrons. The highest BCUT2D eigenvalue weighted by molar-refractivity contribution is 6.04. The Hall–Kier alpha value is -4.37. The second-order valence-corrected chi connectivity index (χ2v) is 11.0. The second kappa shape index (κ2) is 10.2. The zero-order valence-electron chi connectivity index (χ0n) is 22.7. The standard InChI is InChI=1S/C33H28F3NO5/c1-2-42-31(40)37-17-26-16-27(18-37)32(26,41)24-8-5-20(6-9-24)29-15-23(30(38)39)14-22-13-21(7-12-28(22)29)19-3-10-25(11-4-19)33(34,35)36/h3-15,26-27,41H,2,16-18H2,1H3,(H,38,39)/t26-,27+,32?. The fraction of sp³-hybridized carbons (Fsp3) is 0.273. The molecule has 2 heterocycles. The topological polar surface area (TPSA) is 87.1 Å². The molecule has 9 heteroatoms. The number of piperidine rings is 2. The van der Waals surface area contributed by atoms with Crippen molar-refractivity contribution in [1.82, 2.24) is 4.90 Å². The molecule has 1 unspecified atom stereocenters. The quantitative estimate of drug-likeness (QED) is 0.263. The Balaban J connectivity index is 1.32. The normalized spacial score (nSPS) is 21.6. The van der Waals surface area contributed by atoms with Crippen molar-refractivity contribution in [2.75, 3.05) is 19.7 Å². The summed E-state index contributed by atoms with van der Waals surface area (Å²) < 4.78 is 44.2. The number of hydrogen-bond acceptors (Lipinski definition) is 4. The van der Waals surface area contributed by atoms with Gasteiger partial charge in [0, 0.05) is 24.9 Å². The molecule has 7 rings (SSSR count). The van der Waals surface area contributed by atoms with E-state index in [2.05, 4.69) is 0 Å². The molecule has 42 heavy (non-hydrogen) atoms. The Morgan fingerprint density at radius 3 is 2.12 bits per heavy atom. The fourth-order valence-corrected chi connectivity index (χ4v) is 6.43. The van der Waals surface area contributed by atoms with Crippen molar-refractivity contribution in [2.24, 2.45) is 11.8 Å². The van der Waals surface area contributed by atoms with Crippen molar-refractivity contribution in [3.05, 3.63) is 95.6 Å². The van der Waals surface area contributed by atoms with Crippen LogP contribution in [0.1, 0.15) is 34.8 Å². The van der Waals surface area contributed by atoms with Gasteiger partial charge in [0.25, 0.3) is 0 Å². The third-order valence-corrected chi connectivity index (χ3v) is 8.62. The Kier molecular flexibility index (Phi) is 6.73. The van der Waals surface area contributed by atoms with Crippen molar-refractivity contribution in [3.8, 4) is 22.3 Å². The van der Waals surface area contributed by atoms with Crippen LogP contribution in [0.2, 0.25) is 0 Å². The summed E-state index contributed by atoms with van der Waals surface area (Å²) >= 11 is 0. The summed E-state index contributed by atoms with van der Waals surface area (Å²) in [5, 5.41) is 22.9. The van der Waals surface area contributed by atoms with E-state index in [1.54, 1.807) is 36.1 Å². The molecule has 1 aliphatic carbocycles. The maximum absolute atomic E-state index is 13.0. The van der Waals surface area contributed by atoms with Gasteiger partial charge in [-0.25, -0.2) is 9.59 Å². The Labute approximate surface area is 240 Å². The molecular formula is C33H28F3NO5. The van der Waals surface area contributed by atoms with E-state index in [-0.39, 0.29) is 23.5 Å². The van der Waals surface area contributed by atoms with Gasteiger partial charge < -0.3 is 19.8 Å². The predicted molar refractivity (Wildman–Crippen MR) is 151 cm³/mol. The van der Waals surface area contributed by atoms with E-state index >= 15 is 0 Å². The van der Waals surface area contributed by atoms with E-state index in [1.165, 1.54) is 12.1 Å². The van der Waals surface area contributed by atoms with Crippen LogP contribution >= 0.6 is 0 Å². The van der Waals surface area contributed by atoms with E-state index in [1.807, 2.05) is 30.3 Å². The van der Waals surface area contributed by atoms with Gasteiger partial charge in [0.15, 0.2) is 0 Å². The molecule has 2 N–H and O–H groups in total. The van der Waals surface area contributed by atoms with Crippen LogP contribution < -0.4 is 0 Å². The van der Waals surface area contributed by atoms with Gasteiger partial charge in [-0.3, -0.25) is 0 Å². The van der Waals surface area contributed by atoms with Gasteiger partial charge in [0.05, 0.1) is 23.3 Å². The molecule has 4 aromatic rings. The smallest absolute Gasteiger partial charge is 0.416 e. The highest BCUT2D eigenvalue weighted by Gasteiger charge is 2.59. The summed E-state index contributed by atoms with van der Waals surface area (Å²) in [6, 6.07) is 20.8. The molecule has 0 spiro atoms. The first-order chi connectivity index (χ1) is 20.0. The van der Waals surface area contributed by atoms with Crippen LogP contribution in [0.3, 0.4) is 0 Å². The number of aliphatic hydroxyl groups is 1. The molecule has 3 atom stereocenters. The number of fused-ring (bicyclic) bond motifs is 3. The molecular weight excluding hydrogens is 547 g/mol. The number of aromatic carboxylic acids is 1. The van der Waals surface area contributed by atoms with E-state index < -0.39 is 23.3 Å². The number of benzene rings is 4. The number of amides is 1. The number of carbonyl (C=O) groups is 2. The van der Waals surface area contributed by atoms with Crippen molar-refractivity contribution in [2.45, 2.75) is 25.1 Å². The molecule has 2 saturated heterocycles. The summed E-state index contributed by atoms with van der Waals surface area (Å²) in [4.78, 5) is 25.8. The second-order valence-electron chi connectivity index (χ2n) is 11.0. The minimum Gasteiger partial charge on any atom is -0.478 e. The number of nitrogens with zero attached hydrogens (tertiary/aromatic N) is 1. The molecule has 1 amide bonds. The van der Waals surface area contributed by atoms with Crippen LogP contribution in [-0.2, 0) is 16.5 Å². The number of carboxylic acids is 1. The highest BCUT2D eigenvalue weighted by atomic mass is 19.4. The zero-order chi connectivity index (χ0) is 29.8. The van der Waals surface area contributed by atoms with Gasteiger partial charge in [0.2, 0.25) is 0 Å². The Bertz CT molecular complexity index is 1670. The predicted octanol–water partition coefficient (Wildman–Crippen LogP) is 7.19. The minimum absolute atomic E-state index is 0.0809.